The maximum Gasteiger partial charge on any atom is 0.272 e. The molecule has 0 aliphatic carbocycles. The first-order chi connectivity index (χ1) is 20.4. The topological polar surface area (TPSA) is 114 Å². The molecule has 0 bridgehead atoms. The zero-order valence-electron chi connectivity index (χ0n) is 23.1. The molecule has 8 nitrogen and oxygen atoms in total. The smallest absolute Gasteiger partial charge is 0.272 e. The lowest BCUT2D eigenvalue weighted by molar-refractivity contribution is -0.113. The fourth-order valence-electron chi connectivity index (χ4n) is 3.91. The molecular formula is C33H30N2O6S. The molecule has 4 aromatic carbocycles. The lowest BCUT2D eigenvalue weighted by atomic mass is 10.1. The van der Waals surface area contributed by atoms with Crippen LogP contribution in [0.1, 0.15) is 33.2 Å². The minimum absolute atomic E-state index is 0.00126. The molecule has 0 aliphatic rings. The summed E-state index contributed by atoms with van der Waals surface area (Å²) in [5, 5.41) is 15.3. The van der Waals surface area contributed by atoms with Gasteiger partial charge in [-0.3, -0.25) is 14.4 Å². The fraction of sp³-hybridized carbons (Fsp3) is 0.121. The molecule has 0 saturated carbocycles. The maximum atomic E-state index is 13.4. The van der Waals surface area contributed by atoms with Crippen molar-refractivity contribution in [3.8, 4) is 17.2 Å². The van der Waals surface area contributed by atoms with E-state index in [1.165, 1.54) is 37.1 Å². The molecule has 0 unspecified atom stereocenters. The number of hydrogen-bond acceptors (Lipinski definition) is 7. The highest BCUT2D eigenvalue weighted by Gasteiger charge is 2.17. The van der Waals surface area contributed by atoms with Crippen LogP contribution in [-0.4, -0.2) is 42.2 Å². The first-order valence-corrected chi connectivity index (χ1v) is 14.1. The summed E-state index contributed by atoms with van der Waals surface area (Å²) in [7, 11) is 1.44. The van der Waals surface area contributed by atoms with E-state index in [1.54, 1.807) is 78.9 Å². The summed E-state index contributed by atoms with van der Waals surface area (Å²) in [4.78, 5) is 39.9. The molecular weight excluding hydrogens is 552 g/mol. The number of methoxy groups -OCH3 is 1. The summed E-state index contributed by atoms with van der Waals surface area (Å²) < 4.78 is 10.8. The summed E-state index contributed by atoms with van der Waals surface area (Å²) >= 11 is 1.35. The highest BCUT2D eigenvalue weighted by molar-refractivity contribution is 8.00. The minimum Gasteiger partial charge on any atom is -0.508 e. The van der Waals surface area contributed by atoms with Crippen LogP contribution in [0, 0.1) is 0 Å². The number of carbonyl (C=O) groups is 3. The Bertz CT molecular complexity index is 1590. The van der Waals surface area contributed by atoms with Crippen LogP contribution in [0.3, 0.4) is 0 Å². The third-order valence-electron chi connectivity index (χ3n) is 5.99. The third kappa shape index (κ3) is 8.25. The molecule has 42 heavy (non-hydrogen) atoms. The number of benzene rings is 4. The van der Waals surface area contributed by atoms with E-state index in [-0.39, 0.29) is 23.0 Å². The van der Waals surface area contributed by atoms with Crippen molar-refractivity contribution in [1.82, 2.24) is 5.32 Å². The van der Waals surface area contributed by atoms with Crippen LogP contribution < -0.4 is 20.1 Å². The van der Waals surface area contributed by atoms with Gasteiger partial charge in [-0.15, -0.1) is 11.8 Å². The van der Waals surface area contributed by atoms with Crippen LogP contribution in [-0.2, 0) is 4.79 Å². The second kappa shape index (κ2) is 14.6. The standard InChI is InChI=1S/C33H30N2O6S/c1-3-41-27-16-13-22(14-17-27)30(37)21-42-28-11-7-10-25(19-28)34-33(39)29(35-32(38)23-8-5-4-6-9-23)18-24-12-15-26(36)20-31(24)40-2/h4-20,36H,3,21H2,1-2H3,(H,34,39)(H,35,38)/b29-18-. The third-order valence-corrected chi connectivity index (χ3v) is 6.99. The van der Waals surface area contributed by atoms with E-state index >= 15 is 0 Å². The highest BCUT2D eigenvalue weighted by Crippen LogP contribution is 2.27. The van der Waals surface area contributed by atoms with Crippen molar-refractivity contribution >= 4 is 41.1 Å². The van der Waals surface area contributed by atoms with Gasteiger partial charge in [0, 0.05) is 33.3 Å². The molecule has 0 heterocycles. The van der Waals surface area contributed by atoms with Gasteiger partial charge in [-0.05, 0) is 79.7 Å². The van der Waals surface area contributed by atoms with Crippen LogP contribution in [0.15, 0.2) is 108 Å². The Kier molecular flexibility index (Phi) is 10.4. The molecule has 0 aliphatic heterocycles. The summed E-state index contributed by atoms with van der Waals surface area (Å²) in [6.45, 7) is 2.45. The number of ketones is 1. The van der Waals surface area contributed by atoms with Crippen LogP contribution in [0.4, 0.5) is 5.69 Å². The van der Waals surface area contributed by atoms with Gasteiger partial charge >= 0.3 is 0 Å². The SMILES string of the molecule is CCOc1ccc(C(=O)CSc2cccc(NC(=O)/C(=C/c3ccc(O)cc3OC)NC(=O)c3ccccc3)c2)cc1. The van der Waals surface area contributed by atoms with Gasteiger partial charge < -0.3 is 25.2 Å². The lowest BCUT2D eigenvalue weighted by Gasteiger charge is -2.13. The van der Waals surface area contributed by atoms with Crippen LogP contribution in [0.2, 0.25) is 0 Å². The van der Waals surface area contributed by atoms with Gasteiger partial charge in [-0.2, -0.15) is 0 Å². The van der Waals surface area contributed by atoms with Crippen LogP contribution >= 0.6 is 11.8 Å². The van der Waals surface area contributed by atoms with Crippen molar-refractivity contribution in [3.05, 3.63) is 119 Å². The Morgan fingerprint density at radius 2 is 1.64 bits per heavy atom. The number of phenolic OH excluding ortho intramolecular Hbond substituents is 1. The number of ether oxygens (including phenoxy) is 2. The van der Waals surface area contributed by atoms with E-state index in [2.05, 4.69) is 10.6 Å². The predicted molar refractivity (Wildman–Crippen MR) is 164 cm³/mol. The summed E-state index contributed by atoms with van der Waals surface area (Å²) in [6.07, 6.45) is 1.47. The van der Waals surface area contributed by atoms with E-state index in [9.17, 15) is 19.5 Å². The normalized spacial score (nSPS) is 11.0. The number of thioether (sulfide) groups is 1. The van der Waals surface area contributed by atoms with Crippen molar-refractivity contribution in [2.24, 2.45) is 0 Å². The van der Waals surface area contributed by atoms with Crippen LogP contribution in [0.5, 0.6) is 17.2 Å². The first kappa shape index (κ1) is 30.0. The molecule has 0 atom stereocenters. The Morgan fingerprint density at radius 1 is 0.881 bits per heavy atom. The van der Waals surface area contributed by atoms with Crippen molar-refractivity contribution < 1.29 is 29.0 Å². The number of amides is 2. The van der Waals surface area contributed by atoms with Crippen molar-refractivity contribution in [2.45, 2.75) is 11.8 Å². The van der Waals surface area contributed by atoms with Gasteiger partial charge in [-0.25, -0.2) is 0 Å². The Hall–Kier alpha value is -5.02. The molecule has 0 saturated heterocycles. The van der Waals surface area contributed by atoms with Crippen molar-refractivity contribution in [1.29, 1.82) is 0 Å². The fourth-order valence-corrected chi connectivity index (χ4v) is 4.76. The summed E-state index contributed by atoms with van der Waals surface area (Å²) in [6, 6.07) is 27.1. The maximum absolute atomic E-state index is 13.4. The van der Waals surface area contributed by atoms with Crippen LogP contribution in [0.25, 0.3) is 6.08 Å². The number of nitrogens with one attached hydrogen (secondary N) is 2. The molecule has 4 aromatic rings. The molecule has 3 N–H and O–H groups in total. The predicted octanol–water partition coefficient (Wildman–Crippen LogP) is 6.18. The van der Waals surface area contributed by atoms with Gasteiger partial charge in [0.25, 0.3) is 11.8 Å². The van der Waals surface area contributed by atoms with Crippen molar-refractivity contribution in [3.63, 3.8) is 0 Å². The van der Waals surface area contributed by atoms with Gasteiger partial charge in [0.2, 0.25) is 0 Å². The molecule has 0 fully saturated rings. The first-order valence-electron chi connectivity index (χ1n) is 13.1. The number of hydrogen-bond donors (Lipinski definition) is 3. The van der Waals surface area contributed by atoms with E-state index < -0.39 is 11.8 Å². The number of Topliss-reactive ketones (excluding diaryl/α,β-unsaturated/α-hetero) is 1. The number of rotatable bonds is 12. The zero-order chi connectivity index (χ0) is 29.9. The number of carbonyl (C=O) groups excluding carboxylic acids is 3. The summed E-state index contributed by atoms with van der Waals surface area (Å²) in [5.41, 5.74) is 1.90. The monoisotopic (exact) mass is 582 g/mol. The molecule has 2 amide bonds. The van der Waals surface area contributed by atoms with E-state index in [0.717, 1.165) is 4.90 Å². The van der Waals surface area contributed by atoms with Gasteiger partial charge in [0.1, 0.15) is 22.9 Å². The molecule has 0 radical (unpaired) electrons. The lowest BCUT2D eigenvalue weighted by Crippen LogP contribution is -2.30. The van der Waals surface area contributed by atoms with E-state index in [1.807, 2.05) is 13.0 Å². The van der Waals surface area contributed by atoms with E-state index in [4.69, 9.17) is 9.47 Å². The highest BCUT2D eigenvalue weighted by atomic mass is 32.2. The van der Waals surface area contributed by atoms with E-state index in [0.29, 0.717) is 40.5 Å². The zero-order valence-corrected chi connectivity index (χ0v) is 23.9. The molecule has 0 aromatic heterocycles. The Labute approximate surface area is 248 Å². The average molecular weight is 583 g/mol. The minimum atomic E-state index is -0.568. The van der Waals surface area contributed by atoms with Crippen molar-refractivity contribution in [2.75, 3.05) is 24.8 Å². The molecule has 214 valence electrons. The number of anilines is 1. The van der Waals surface area contributed by atoms with Gasteiger partial charge in [0.05, 0.1) is 19.5 Å². The number of phenols is 1. The molecule has 0 spiro atoms. The Balaban J connectivity index is 1.50. The second-order valence-corrected chi connectivity index (χ2v) is 10.0. The molecule has 4 rings (SSSR count). The summed E-state index contributed by atoms with van der Waals surface area (Å²) in [5.74, 6) is 0.179. The average Bonchev–Trinajstić information content (AvgIpc) is 3.01. The largest absolute Gasteiger partial charge is 0.508 e. The number of aromatic hydroxyl groups is 1. The Morgan fingerprint density at radius 3 is 2.36 bits per heavy atom. The van der Waals surface area contributed by atoms with Gasteiger partial charge in [0.15, 0.2) is 5.78 Å². The molecule has 9 heteroatoms. The second-order valence-electron chi connectivity index (χ2n) is 8.96. The quantitative estimate of drug-likeness (QED) is 0.104. The van der Waals surface area contributed by atoms with Gasteiger partial charge in [-0.1, -0.05) is 24.3 Å².